The number of aliphatic hydroxyl groups is 1. The normalized spacial score (nSPS) is 11.5. The zero-order valence-electron chi connectivity index (χ0n) is 43.6. The molecule has 0 saturated heterocycles. The van der Waals surface area contributed by atoms with E-state index >= 15 is 0 Å². The Balaban J connectivity index is 0.000000162. The molecular formula is C57H67N11O4S2. The molecule has 0 spiro atoms. The number of thiazole rings is 2. The first-order valence-corrected chi connectivity index (χ1v) is 26.0. The van der Waals surface area contributed by atoms with Crippen molar-refractivity contribution in [2.45, 2.75) is 113 Å². The fourth-order valence-corrected chi connectivity index (χ4v) is 10.7. The van der Waals surface area contributed by atoms with Gasteiger partial charge in [-0.15, -0.1) is 22.7 Å². The predicted molar refractivity (Wildman–Crippen MR) is 295 cm³/mol. The molecule has 0 aliphatic heterocycles. The van der Waals surface area contributed by atoms with Crippen LogP contribution in [0.1, 0.15) is 101 Å². The van der Waals surface area contributed by atoms with Gasteiger partial charge >= 0.3 is 0 Å². The monoisotopic (exact) mass is 1030 g/mol. The van der Waals surface area contributed by atoms with Crippen molar-refractivity contribution in [1.82, 2.24) is 43.8 Å². The zero-order valence-corrected chi connectivity index (χ0v) is 45.2. The molecule has 1 unspecified atom stereocenters. The molecule has 0 amide bonds. The quantitative estimate of drug-likeness (QED) is 0.0576. The number of imidazole rings is 3. The molecule has 1 atom stereocenters. The molecule has 0 saturated carbocycles. The van der Waals surface area contributed by atoms with Gasteiger partial charge in [0.25, 0.3) is 0 Å². The van der Waals surface area contributed by atoms with Crippen LogP contribution in [0.15, 0.2) is 121 Å². The maximum absolute atomic E-state index is 9.95. The Hall–Kier alpha value is -7.60. The largest absolute Gasteiger partial charge is 0.508 e. The van der Waals surface area contributed by atoms with Crippen molar-refractivity contribution < 1.29 is 19.8 Å². The van der Waals surface area contributed by atoms with Gasteiger partial charge in [0, 0.05) is 90.7 Å². The van der Waals surface area contributed by atoms with E-state index in [1.165, 1.54) is 16.0 Å². The van der Waals surface area contributed by atoms with Gasteiger partial charge in [0.2, 0.25) is 0 Å². The molecule has 7 N–H and O–H groups in total. The lowest BCUT2D eigenvalue weighted by molar-refractivity contribution is 0.193. The molecule has 386 valence electrons. The highest BCUT2D eigenvalue weighted by molar-refractivity contribution is 7.15. The Bertz CT molecular complexity index is 3350. The third kappa shape index (κ3) is 14.3. The maximum atomic E-state index is 9.95. The molecule has 0 aliphatic rings. The molecule has 6 aromatic heterocycles. The van der Waals surface area contributed by atoms with Gasteiger partial charge in [-0.2, -0.15) is 0 Å². The Kier molecular flexibility index (Phi) is 17.9. The third-order valence-corrected chi connectivity index (χ3v) is 14.4. The summed E-state index contributed by atoms with van der Waals surface area (Å²) in [6.07, 6.45) is 8.18. The van der Waals surface area contributed by atoms with E-state index in [1.54, 1.807) is 53.3 Å². The van der Waals surface area contributed by atoms with E-state index in [2.05, 4.69) is 83.6 Å². The summed E-state index contributed by atoms with van der Waals surface area (Å²) in [5, 5.41) is 35.4. The molecule has 0 bridgehead atoms. The summed E-state index contributed by atoms with van der Waals surface area (Å²) in [7, 11) is 0. The number of phenols is 2. The van der Waals surface area contributed by atoms with Crippen LogP contribution in [0.5, 0.6) is 11.5 Å². The van der Waals surface area contributed by atoms with Gasteiger partial charge in [0.05, 0.1) is 68.4 Å². The van der Waals surface area contributed by atoms with Crippen molar-refractivity contribution >= 4 is 22.7 Å². The minimum atomic E-state index is -0.411. The van der Waals surface area contributed by atoms with Crippen LogP contribution < -0.4 is 11.5 Å². The summed E-state index contributed by atoms with van der Waals surface area (Å²) < 4.78 is 11.5. The van der Waals surface area contributed by atoms with Crippen LogP contribution in [0.2, 0.25) is 0 Å². The number of allylic oxidation sites excluding steroid dienone is 2. The van der Waals surface area contributed by atoms with Crippen molar-refractivity contribution in [2.75, 3.05) is 0 Å². The van der Waals surface area contributed by atoms with E-state index in [1.807, 2.05) is 90.0 Å². The highest BCUT2D eigenvalue weighted by Gasteiger charge is 2.21. The molecular weight excluding hydrogens is 967 g/mol. The van der Waals surface area contributed by atoms with Crippen molar-refractivity contribution in [3.8, 4) is 22.1 Å². The van der Waals surface area contributed by atoms with Crippen LogP contribution in [0.4, 0.5) is 0 Å². The van der Waals surface area contributed by atoms with Crippen LogP contribution in [-0.2, 0) is 51.7 Å². The van der Waals surface area contributed by atoms with Gasteiger partial charge in [-0.1, -0.05) is 72.4 Å². The van der Waals surface area contributed by atoms with Gasteiger partial charge in [0.15, 0.2) is 0 Å². The van der Waals surface area contributed by atoms with E-state index in [0.717, 1.165) is 102 Å². The Morgan fingerprint density at radius 2 is 1.14 bits per heavy atom. The minimum absolute atomic E-state index is 0.248. The molecule has 3 aromatic carbocycles. The second-order valence-corrected chi connectivity index (χ2v) is 21.3. The molecule has 0 radical (unpaired) electrons. The molecule has 6 heterocycles. The smallest absolute Gasteiger partial charge is 0.137 e. The average Bonchev–Trinajstić information content (AvgIpc) is 4.18. The Labute approximate surface area is 441 Å². The second-order valence-electron chi connectivity index (χ2n) is 18.8. The highest BCUT2D eigenvalue weighted by atomic mass is 32.1. The van der Waals surface area contributed by atoms with E-state index in [9.17, 15) is 15.3 Å². The summed E-state index contributed by atoms with van der Waals surface area (Å²) in [5.41, 5.74) is 27.4. The van der Waals surface area contributed by atoms with E-state index in [0.29, 0.717) is 50.2 Å². The predicted octanol–water partition coefficient (Wildman–Crippen LogP) is 10.1. The number of hydrogen-bond donors (Lipinski definition) is 5. The van der Waals surface area contributed by atoms with Gasteiger partial charge in [-0.3, -0.25) is 0 Å². The average molecular weight is 1030 g/mol. The SMILES string of the molecule is C=C(N)Cc1c(Cc2c(C)noc2C)ncn1Cc1cccc(O)c1.C=C(N)Cc1c(Cc2sc(C)nc2C)ncn1Cc1cccc(O)c1.Cc1cccc(Cn2cnc(-c3sc(C)nc3C)c2CC(C)O)c1. The molecule has 17 heteroatoms. The maximum Gasteiger partial charge on any atom is 0.137 e. The number of aromatic nitrogens is 9. The molecule has 74 heavy (non-hydrogen) atoms. The van der Waals surface area contributed by atoms with E-state index < -0.39 is 6.10 Å². The first-order chi connectivity index (χ1) is 35.3. The number of hydrogen-bond acceptors (Lipinski definition) is 14. The lowest BCUT2D eigenvalue weighted by Crippen LogP contribution is -2.11. The van der Waals surface area contributed by atoms with Gasteiger partial charge < -0.3 is 45.0 Å². The minimum Gasteiger partial charge on any atom is -0.508 e. The van der Waals surface area contributed by atoms with Crippen molar-refractivity contribution in [3.63, 3.8) is 0 Å². The Morgan fingerprint density at radius 1 is 0.635 bits per heavy atom. The van der Waals surface area contributed by atoms with Gasteiger partial charge in [0.1, 0.15) is 23.0 Å². The number of rotatable bonds is 17. The molecule has 0 fully saturated rings. The lowest BCUT2D eigenvalue weighted by Gasteiger charge is -2.12. The number of aliphatic hydroxyl groups excluding tert-OH is 1. The van der Waals surface area contributed by atoms with Crippen molar-refractivity contribution in [2.24, 2.45) is 11.5 Å². The number of nitrogens with two attached hydrogens (primary N) is 2. The topological polar surface area (TPSA) is 218 Å². The first-order valence-electron chi connectivity index (χ1n) is 24.3. The third-order valence-electron chi connectivity index (χ3n) is 12.2. The number of nitrogens with zero attached hydrogens (tertiary/aromatic N) is 9. The molecule has 0 aliphatic carbocycles. The summed E-state index contributed by atoms with van der Waals surface area (Å²) in [4.78, 5) is 25.2. The summed E-state index contributed by atoms with van der Waals surface area (Å²) in [6.45, 7) is 25.5. The first kappa shape index (κ1) is 54.2. The summed E-state index contributed by atoms with van der Waals surface area (Å²) in [6, 6.07) is 22.9. The van der Waals surface area contributed by atoms with Crippen LogP contribution in [0, 0.1) is 48.5 Å². The van der Waals surface area contributed by atoms with Crippen LogP contribution in [-0.4, -0.2) is 65.2 Å². The van der Waals surface area contributed by atoms with E-state index in [4.69, 9.17) is 16.0 Å². The van der Waals surface area contributed by atoms with Crippen molar-refractivity contribution in [1.29, 1.82) is 0 Å². The number of aryl methyl sites for hydroxylation is 7. The summed E-state index contributed by atoms with van der Waals surface area (Å²) in [5.74, 6) is 1.31. The molecule has 9 rings (SSSR count). The van der Waals surface area contributed by atoms with Crippen LogP contribution >= 0.6 is 22.7 Å². The van der Waals surface area contributed by atoms with Crippen molar-refractivity contribution in [3.05, 3.63) is 210 Å². The van der Waals surface area contributed by atoms with Gasteiger partial charge in [-0.25, -0.2) is 24.9 Å². The van der Waals surface area contributed by atoms with Gasteiger partial charge in [-0.05, 0) is 96.3 Å². The fraction of sp³-hybridized carbons (Fsp3) is 0.298. The zero-order chi connectivity index (χ0) is 53.2. The van der Waals surface area contributed by atoms with E-state index in [-0.39, 0.29) is 11.5 Å². The fourth-order valence-electron chi connectivity index (χ4n) is 8.80. The molecule has 15 nitrogen and oxygen atoms in total. The van der Waals surface area contributed by atoms with Crippen LogP contribution in [0.25, 0.3) is 10.6 Å². The molecule has 9 aromatic rings. The highest BCUT2D eigenvalue weighted by Crippen LogP contribution is 2.32. The second kappa shape index (κ2) is 24.4. The van der Waals surface area contributed by atoms with Crippen LogP contribution in [0.3, 0.4) is 0 Å². The lowest BCUT2D eigenvalue weighted by atomic mass is 10.1. The summed E-state index contributed by atoms with van der Waals surface area (Å²) >= 11 is 3.37. The number of aromatic hydroxyl groups is 2. The Morgan fingerprint density at radius 3 is 1.59 bits per heavy atom. The number of benzene rings is 3. The standard InChI is InChI=1S/C19H22N4O2.C19H22N4OS.C19H23N3OS/c1-12(20)7-19-18(9-17-13(2)22-25-14(17)3)21-11-23(19)10-15-5-4-6-16(24)8-15;1-12(20)7-18-17(9-19-13(2)22-14(3)25-19)21-11-23(18)10-15-5-4-6-16(24)8-15;1-12-6-5-7-16(8-12)10-22-11-20-18(17(22)9-13(2)23)19-14(3)21-15(4)24-19/h2*4-6,8,11,24H,1,7,9-10,20H2,2-3H3;5-8,11,13,23H,9-10H2,1-4H3. The number of phenolic OH excluding ortho intramolecular Hbond substituents is 2.